The Morgan fingerprint density at radius 1 is 1.25 bits per heavy atom. The number of fused-ring (bicyclic) bond motifs is 1. The molecule has 10 nitrogen and oxygen atoms in total. The summed E-state index contributed by atoms with van der Waals surface area (Å²) in [5.74, 6) is -0.830. The molecule has 3 aromatic rings. The molecule has 1 aromatic carbocycles. The van der Waals surface area contributed by atoms with Crippen molar-refractivity contribution in [3.05, 3.63) is 42.0 Å². The third kappa shape index (κ3) is 3.59. The average molecular weight is 383 g/mol. The summed E-state index contributed by atoms with van der Waals surface area (Å²) >= 11 is 0. The van der Waals surface area contributed by atoms with Crippen LogP contribution >= 0.6 is 0 Å². The molecule has 4 rings (SSSR count). The summed E-state index contributed by atoms with van der Waals surface area (Å²) in [5, 5.41) is 2.80. The first kappa shape index (κ1) is 18.1. The number of carbonyl (C=O) groups is 2. The minimum Gasteiger partial charge on any atom is -0.379 e. The molecule has 0 spiro atoms. The van der Waals surface area contributed by atoms with Gasteiger partial charge in [-0.05, 0) is 12.1 Å². The molecule has 0 aliphatic carbocycles. The zero-order chi connectivity index (χ0) is 19.5. The second-order valence-electron chi connectivity index (χ2n) is 6.46. The van der Waals surface area contributed by atoms with E-state index >= 15 is 0 Å². The molecule has 1 aliphatic rings. The molecule has 1 fully saturated rings. The highest BCUT2D eigenvalue weighted by Crippen LogP contribution is 2.17. The van der Waals surface area contributed by atoms with E-state index in [1.807, 2.05) is 24.3 Å². The second-order valence-corrected chi connectivity index (χ2v) is 6.46. The molecule has 0 radical (unpaired) electrons. The Morgan fingerprint density at radius 3 is 2.79 bits per heavy atom. The molecule has 10 heteroatoms. The second kappa shape index (κ2) is 7.79. The van der Waals surface area contributed by atoms with Gasteiger partial charge in [0, 0.05) is 26.2 Å². The van der Waals surface area contributed by atoms with Crippen LogP contribution in [0.3, 0.4) is 0 Å². The number of nitrogens with two attached hydrogens (primary N) is 1. The van der Waals surface area contributed by atoms with Gasteiger partial charge in [0.25, 0.3) is 11.8 Å². The number of benzene rings is 1. The molecular weight excluding hydrogens is 362 g/mol. The Bertz CT molecular complexity index is 971. The minimum absolute atomic E-state index is 0.0112. The SMILES string of the molecule is NC(=O)c1c(C(=O)NCCN2CCOCC2)ncn1-c1nc2ccccc2[nH]1. The van der Waals surface area contributed by atoms with E-state index in [0.717, 1.165) is 24.1 Å². The van der Waals surface area contributed by atoms with E-state index < -0.39 is 11.8 Å². The number of nitrogens with one attached hydrogen (secondary N) is 2. The number of nitrogens with zero attached hydrogens (tertiary/aromatic N) is 4. The maximum absolute atomic E-state index is 12.6. The number of primary amides is 1. The maximum atomic E-state index is 12.6. The number of carbonyl (C=O) groups excluding carboxylic acids is 2. The Balaban J connectivity index is 1.52. The van der Waals surface area contributed by atoms with Crippen LogP contribution in [0.5, 0.6) is 0 Å². The molecule has 0 bridgehead atoms. The van der Waals surface area contributed by atoms with E-state index in [-0.39, 0.29) is 11.4 Å². The van der Waals surface area contributed by atoms with Crippen molar-refractivity contribution >= 4 is 22.8 Å². The normalized spacial score (nSPS) is 15.0. The van der Waals surface area contributed by atoms with E-state index in [9.17, 15) is 9.59 Å². The number of hydrogen-bond acceptors (Lipinski definition) is 6. The predicted octanol–water partition coefficient (Wildman–Crippen LogP) is -0.0905. The van der Waals surface area contributed by atoms with Gasteiger partial charge in [-0.3, -0.25) is 19.1 Å². The number of ether oxygens (including phenoxy) is 1. The Hall–Kier alpha value is -3.24. The molecule has 146 valence electrons. The molecular formula is C18H21N7O3. The molecule has 2 amide bonds. The van der Waals surface area contributed by atoms with Crippen molar-refractivity contribution < 1.29 is 14.3 Å². The van der Waals surface area contributed by atoms with Gasteiger partial charge >= 0.3 is 0 Å². The summed E-state index contributed by atoms with van der Waals surface area (Å²) in [5.41, 5.74) is 7.04. The van der Waals surface area contributed by atoms with Gasteiger partial charge in [-0.2, -0.15) is 0 Å². The minimum atomic E-state index is -0.753. The Kier molecular flexibility index (Phi) is 5.04. The summed E-state index contributed by atoms with van der Waals surface area (Å²) < 4.78 is 6.71. The lowest BCUT2D eigenvalue weighted by atomic mass is 10.3. The van der Waals surface area contributed by atoms with Crippen molar-refractivity contribution in [2.75, 3.05) is 39.4 Å². The quantitative estimate of drug-likeness (QED) is 0.545. The fourth-order valence-electron chi connectivity index (χ4n) is 3.20. The van der Waals surface area contributed by atoms with Crippen LogP contribution in [0.15, 0.2) is 30.6 Å². The third-order valence-corrected chi connectivity index (χ3v) is 4.64. The molecule has 0 saturated carbocycles. The first-order valence-corrected chi connectivity index (χ1v) is 9.04. The summed E-state index contributed by atoms with van der Waals surface area (Å²) in [6, 6.07) is 7.45. The molecule has 4 N–H and O–H groups in total. The van der Waals surface area contributed by atoms with E-state index in [4.69, 9.17) is 10.5 Å². The van der Waals surface area contributed by atoms with E-state index in [0.29, 0.717) is 32.3 Å². The number of rotatable bonds is 6. The number of hydrogen-bond donors (Lipinski definition) is 3. The summed E-state index contributed by atoms with van der Waals surface area (Å²) in [6.07, 6.45) is 1.37. The number of amides is 2. The van der Waals surface area contributed by atoms with Crippen LogP contribution in [0, 0.1) is 0 Å². The predicted molar refractivity (Wildman–Crippen MR) is 101 cm³/mol. The zero-order valence-electron chi connectivity index (χ0n) is 15.2. The van der Waals surface area contributed by atoms with Crippen molar-refractivity contribution in [3.63, 3.8) is 0 Å². The lowest BCUT2D eigenvalue weighted by Crippen LogP contribution is -2.41. The standard InChI is InChI=1S/C18H21N7O3/c19-16(26)15-14(17(27)20-5-6-24-7-9-28-10-8-24)21-11-25(15)18-22-12-3-1-2-4-13(12)23-18/h1-4,11H,5-10H2,(H2,19,26)(H,20,27)(H,22,23). The zero-order valence-corrected chi connectivity index (χ0v) is 15.2. The third-order valence-electron chi connectivity index (χ3n) is 4.64. The van der Waals surface area contributed by atoms with Gasteiger partial charge in [0.05, 0.1) is 24.2 Å². The van der Waals surface area contributed by atoms with Gasteiger partial charge in [-0.15, -0.1) is 0 Å². The highest BCUT2D eigenvalue weighted by atomic mass is 16.5. The van der Waals surface area contributed by atoms with Crippen molar-refractivity contribution in [1.29, 1.82) is 0 Å². The highest BCUT2D eigenvalue weighted by Gasteiger charge is 2.24. The van der Waals surface area contributed by atoms with Crippen LogP contribution in [0.2, 0.25) is 0 Å². The summed E-state index contributed by atoms with van der Waals surface area (Å²) in [4.78, 5) is 38.4. The molecule has 1 aliphatic heterocycles. The maximum Gasteiger partial charge on any atom is 0.272 e. The topological polar surface area (TPSA) is 131 Å². The lowest BCUT2D eigenvalue weighted by molar-refractivity contribution is 0.0383. The number of aromatic amines is 1. The van der Waals surface area contributed by atoms with Crippen molar-refractivity contribution in [2.24, 2.45) is 5.73 Å². The molecule has 0 unspecified atom stereocenters. The van der Waals surface area contributed by atoms with Crippen LogP contribution in [0.1, 0.15) is 21.0 Å². The largest absolute Gasteiger partial charge is 0.379 e. The van der Waals surface area contributed by atoms with Crippen LogP contribution in [-0.2, 0) is 4.74 Å². The fraction of sp³-hybridized carbons (Fsp3) is 0.333. The number of aromatic nitrogens is 4. The van der Waals surface area contributed by atoms with Gasteiger partial charge in [0.15, 0.2) is 5.69 Å². The van der Waals surface area contributed by atoms with Crippen molar-refractivity contribution in [3.8, 4) is 5.95 Å². The summed E-state index contributed by atoms with van der Waals surface area (Å²) in [7, 11) is 0. The number of morpholine rings is 1. The molecule has 1 saturated heterocycles. The lowest BCUT2D eigenvalue weighted by Gasteiger charge is -2.26. The van der Waals surface area contributed by atoms with Crippen molar-refractivity contribution in [2.45, 2.75) is 0 Å². The highest BCUT2D eigenvalue weighted by molar-refractivity contribution is 6.04. The molecule has 0 atom stereocenters. The van der Waals surface area contributed by atoms with Crippen LogP contribution < -0.4 is 11.1 Å². The molecule has 28 heavy (non-hydrogen) atoms. The van der Waals surface area contributed by atoms with Crippen LogP contribution in [-0.4, -0.2) is 75.6 Å². The van der Waals surface area contributed by atoms with Crippen molar-refractivity contribution in [1.82, 2.24) is 29.7 Å². The fourth-order valence-corrected chi connectivity index (χ4v) is 3.20. The first-order valence-electron chi connectivity index (χ1n) is 9.04. The van der Waals surface area contributed by atoms with Crippen LogP contribution in [0.25, 0.3) is 17.0 Å². The molecule has 2 aromatic heterocycles. The van der Waals surface area contributed by atoms with E-state index in [1.54, 1.807) is 0 Å². The monoisotopic (exact) mass is 383 g/mol. The van der Waals surface area contributed by atoms with E-state index in [1.165, 1.54) is 10.9 Å². The van der Waals surface area contributed by atoms with Crippen LogP contribution in [0.4, 0.5) is 0 Å². The number of H-pyrrole nitrogens is 1. The summed E-state index contributed by atoms with van der Waals surface area (Å²) in [6.45, 7) is 4.20. The smallest absolute Gasteiger partial charge is 0.272 e. The Morgan fingerprint density at radius 2 is 2.04 bits per heavy atom. The Labute approximate surface area is 160 Å². The average Bonchev–Trinajstić information content (AvgIpc) is 3.33. The number of imidazole rings is 2. The van der Waals surface area contributed by atoms with Gasteiger partial charge in [-0.1, -0.05) is 12.1 Å². The molecule has 3 heterocycles. The van der Waals surface area contributed by atoms with Gasteiger partial charge in [0.1, 0.15) is 12.0 Å². The van der Waals surface area contributed by atoms with Gasteiger partial charge in [0.2, 0.25) is 5.95 Å². The van der Waals surface area contributed by atoms with Gasteiger partial charge in [-0.25, -0.2) is 9.97 Å². The first-order chi connectivity index (χ1) is 13.6. The van der Waals surface area contributed by atoms with E-state index in [2.05, 4.69) is 25.2 Å². The van der Waals surface area contributed by atoms with Gasteiger partial charge < -0.3 is 20.8 Å². The number of para-hydroxylation sites is 2.